The SMILES string of the molecule is CCc1nn(C)c2c1nc(SCC(=O)O)n2CC(C)SC. The predicted molar refractivity (Wildman–Crippen MR) is 87.2 cm³/mol. The van der Waals surface area contributed by atoms with Crippen molar-refractivity contribution in [2.45, 2.75) is 37.2 Å². The number of carbonyl (C=O) groups is 1. The highest BCUT2D eigenvalue weighted by molar-refractivity contribution is 7.99. The fourth-order valence-corrected chi connectivity index (χ4v) is 3.22. The third-order valence-electron chi connectivity index (χ3n) is 3.26. The van der Waals surface area contributed by atoms with Gasteiger partial charge in [0.05, 0.1) is 11.4 Å². The minimum absolute atomic E-state index is 0.0197. The minimum atomic E-state index is -0.828. The molecule has 1 unspecified atom stereocenters. The molecular weight excluding hydrogens is 308 g/mol. The van der Waals surface area contributed by atoms with Gasteiger partial charge in [-0.05, 0) is 12.7 Å². The molecule has 2 heterocycles. The fraction of sp³-hybridized carbons (Fsp3) is 0.615. The molecule has 116 valence electrons. The number of carboxylic acid groups (broad SMARTS) is 1. The van der Waals surface area contributed by atoms with E-state index in [4.69, 9.17) is 5.11 Å². The van der Waals surface area contributed by atoms with Crippen LogP contribution in [0.15, 0.2) is 5.16 Å². The summed E-state index contributed by atoms with van der Waals surface area (Å²) in [5.41, 5.74) is 2.82. The molecule has 0 aromatic carbocycles. The summed E-state index contributed by atoms with van der Waals surface area (Å²) >= 11 is 3.05. The fourth-order valence-electron chi connectivity index (χ4n) is 2.19. The molecule has 2 aromatic heterocycles. The number of imidazole rings is 1. The largest absolute Gasteiger partial charge is 0.481 e. The van der Waals surface area contributed by atoms with E-state index < -0.39 is 5.97 Å². The Morgan fingerprint density at radius 1 is 1.48 bits per heavy atom. The highest BCUT2D eigenvalue weighted by Gasteiger charge is 2.20. The van der Waals surface area contributed by atoms with Gasteiger partial charge >= 0.3 is 5.97 Å². The van der Waals surface area contributed by atoms with Crippen LogP contribution in [0.25, 0.3) is 11.2 Å². The molecule has 0 radical (unpaired) electrons. The van der Waals surface area contributed by atoms with Crippen molar-refractivity contribution >= 4 is 40.7 Å². The Morgan fingerprint density at radius 2 is 2.19 bits per heavy atom. The van der Waals surface area contributed by atoms with Crippen molar-refractivity contribution < 1.29 is 9.90 Å². The van der Waals surface area contributed by atoms with E-state index in [1.165, 1.54) is 11.8 Å². The summed E-state index contributed by atoms with van der Waals surface area (Å²) in [6, 6.07) is 0. The predicted octanol–water partition coefficient (Wildman–Crippen LogP) is 2.26. The molecule has 0 aliphatic carbocycles. The normalized spacial score (nSPS) is 13.0. The average molecular weight is 328 g/mol. The summed E-state index contributed by atoms with van der Waals surface area (Å²) in [4.78, 5) is 15.5. The zero-order valence-electron chi connectivity index (χ0n) is 12.7. The highest BCUT2D eigenvalue weighted by Crippen LogP contribution is 2.27. The summed E-state index contributed by atoms with van der Waals surface area (Å²) < 4.78 is 3.94. The lowest BCUT2D eigenvalue weighted by atomic mass is 10.3. The summed E-state index contributed by atoms with van der Waals surface area (Å²) in [7, 11) is 1.91. The van der Waals surface area contributed by atoms with Gasteiger partial charge in [-0.15, -0.1) is 0 Å². The van der Waals surface area contributed by atoms with Gasteiger partial charge in [0.2, 0.25) is 0 Å². The second kappa shape index (κ2) is 6.74. The number of aliphatic carboxylic acids is 1. The standard InChI is InChI=1S/C13H20N4O2S2/c1-5-9-11-12(16(3)15-9)17(6-8(2)20-4)13(14-11)21-7-10(18)19/h8H,5-7H2,1-4H3,(H,18,19). The number of hydrogen-bond donors (Lipinski definition) is 1. The monoisotopic (exact) mass is 328 g/mol. The molecule has 0 saturated heterocycles. The van der Waals surface area contributed by atoms with Crippen molar-refractivity contribution in [1.29, 1.82) is 0 Å². The van der Waals surface area contributed by atoms with Gasteiger partial charge < -0.3 is 9.67 Å². The highest BCUT2D eigenvalue weighted by atomic mass is 32.2. The first-order valence-corrected chi connectivity index (χ1v) is 9.04. The lowest BCUT2D eigenvalue weighted by Gasteiger charge is -2.13. The van der Waals surface area contributed by atoms with Gasteiger partial charge in [0.15, 0.2) is 10.8 Å². The minimum Gasteiger partial charge on any atom is -0.481 e. The van der Waals surface area contributed by atoms with Crippen molar-refractivity contribution in [3.63, 3.8) is 0 Å². The Morgan fingerprint density at radius 3 is 2.76 bits per heavy atom. The van der Waals surface area contributed by atoms with Gasteiger partial charge in [0.1, 0.15) is 5.52 Å². The van der Waals surface area contributed by atoms with Crippen LogP contribution in [-0.4, -0.2) is 47.7 Å². The van der Waals surface area contributed by atoms with Crippen LogP contribution in [0.1, 0.15) is 19.5 Å². The zero-order chi connectivity index (χ0) is 15.6. The number of thioether (sulfide) groups is 2. The lowest BCUT2D eigenvalue weighted by Crippen LogP contribution is -2.13. The molecule has 0 spiro atoms. The first-order chi connectivity index (χ1) is 9.97. The van der Waals surface area contributed by atoms with Crippen LogP contribution in [-0.2, 0) is 24.8 Å². The van der Waals surface area contributed by atoms with Crippen LogP contribution < -0.4 is 0 Å². The Balaban J connectivity index is 2.49. The lowest BCUT2D eigenvalue weighted by molar-refractivity contribution is -0.133. The summed E-state index contributed by atoms with van der Waals surface area (Å²) in [6.45, 7) is 5.00. The van der Waals surface area contributed by atoms with Crippen LogP contribution in [0.2, 0.25) is 0 Å². The van der Waals surface area contributed by atoms with Gasteiger partial charge in [-0.2, -0.15) is 16.9 Å². The van der Waals surface area contributed by atoms with Crippen molar-refractivity contribution in [2.24, 2.45) is 7.05 Å². The maximum atomic E-state index is 10.8. The molecule has 1 atom stereocenters. The molecule has 21 heavy (non-hydrogen) atoms. The number of nitrogens with zero attached hydrogens (tertiary/aromatic N) is 4. The van der Waals surface area contributed by atoms with Crippen molar-refractivity contribution in [2.75, 3.05) is 12.0 Å². The molecule has 8 heteroatoms. The van der Waals surface area contributed by atoms with Crippen LogP contribution in [0.5, 0.6) is 0 Å². The number of hydrogen-bond acceptors (Lipinski definition) is 5. The molecule has 2 rings (SSSR count). The molecular formula is C13H20N4O2S2. The maximum Gasteiger partial charge on any atom is 0.313 e. The Bertz CT molecular complexity index is 650. The summed E-state index contributed by atoms with van der Waals surface area (Å²) in [5, 5.41) is 14.6. The van der Waals surface area contributed by atoms with E-state index in [-0.39, 0.29) is 5.75 Å². The molecule has 6 nitrogen and oxygen atoms in total. The Kier molecular flexibility index (Phi) is 5.21. The molecule has 0 aliphatic rings. The van der Waals surface area contributed by atoms with E-state index in [2.05, 4.69) is 34.8 Å². The first kappa shape index (κ1) is 16.2. The number of carboxylic acids is 1. The van der Waals surface area contributed by atoms with Crippen LogP contribution in [0.3, 0.4) is 0 Å². The average Bonchev–Trinajstić information content (AvgIpc) is 2.95. The quantitative estimate of drug-likeness (QED) is 0.786. The summed E-state index contributed by atoms with van der Waals surface area (Å²) in [6.07, 6.45) is 2.89. The summed E-state index contributed by atoms with van der Waals surface area (Å²) in [5.74, 6) is -0.809. The molecule has 2 aromatic rings. The Hall–Kier alpha value is -1.15. The smallest absolute Gasteiger partial charge is 0.313 e. The number of aryl methyl sites for hydroxylation is 2. The van der Waals surface area contributed by atoms with E-state index in [0.29, 0.717) is 5.25 Å². The zero-order valence-corrected chi connectivity index (χ0v) is 14.3. The third-order valence-corrected chi connectivity index (χ3v) is 5.17. The number of rotatable bonds is 7. The van der Waals surface area contributed by atoms with Gasteiger partial charge in [-0.1, -0.05) is 25.6 Å². The van der Waals surface area contributed by atoms with Crippen LogP contribution in [0.4, 0.5) is 0 Å². The molecule has 0 fully saturated rings. The Labute approximate surface area is 132 Å². The third kappa shape index (κ3) is 3.37. The van der Waals surface area contributed by atoms with Crippen molar-refractivity contribution in [1.82, 2.24) is 19.3 Å². The molecule has 0 bridgehead atoms. The topological polar surface area (TPSA) is 72.9 Å². The van der Waals surface area contributed by atoms with E-state index in [9.17, 15) is 4.79 Å². The van der Waals surface area contributed by atoms with Gasteiger partial charge in [0, 0.05) is 18.8 Å². The number of fused-ring (bicyclic) bond motifs is 1. The van der Waals surface area contributed by atoms with E-state index in [0.717, 1.165) is 35.0 Å². The van der Waals surface area contributed by atoms with Crippen LogP contribution >= 0.6 is 23.5 Å². The van der Waals surface area contributed by atoms with Gasteiger partial charge in [-0.3, -0.25) is 9.48 Å². The van der Waals surface area contributed by atoms with Crippen molar-refractivity contribution in [3.8, 4) is 0 Å². The van der Waals surface area contributed by atoms with E-state index in [1.54, 1.807) is 11.8 Å². The maximum absolute atomic E-state index is 10.8. The molecule has 0 aliphatic heterocycles. The van der Waals surface area contributed by atoms with Crippen LogP contribution in [0, 0.1) is 0 Å². The molecule has 1 N–H and O–H groups in total. The van der Waals surface area contributed by atoms with E-state index in [1.807, 2.05) is 11.7 Å². The van der Waals surface area contributed by atoms with Gasteiger partial charge in [-0.25, -0.2) is 4.98 Å². The molecule has 0 saturated carbocycles. The molecule has 0 amide bonds. The van der Waals surface area contributed by atoms with Gasteiger partial charge in [0.25, 0.3) is 0 Å². The first-order valence-electron chi connectivity index (χ1n) is 6.77. The second-order valence-corrected chi connectivity index (χ2v) is 7.05. The van der Waals surface area contributed by atoms with E-state index >= 15 is 0 Å². The number of aromatic nitrogens is 4. The second-order valence-electron chi connectivity index (χ2n) is 4.83. The van der Waals surface area contributed by atoms with Crippen molar-refractivity contribution in [3.05, 3.63) is 5.69 Å².